The average Bonchev–Trinajstić information content (AvgIpc) is 3.37. The maximum atomic E-state index is 14.2. The number of benzene rings is 2. The number of fused-ring (bicyclic) bond motifs is 1. The predicted molar refractivity (Wildman–Crippen MR) is 172 cm³/mol. The fourth-order valence-electron chi connectivity index (χ4n) is 5.91. The quantitative estimate of drug-likeness (QED) is 0.192. The fourth-order valence-corrected chi connectivity index (χ4v) is 5.91. The number of likely N-dealkylation sites (tertiary alicyclic amines) is 1. The summed E-state index contributed by atoms with van der Waals surface area (Å²) in [6, 6.07) is 25.8. The Balaban J connectivity index is 1.32. The van der Waals surface area contributed by atoms with Gasteiger partial charge in [0.25, 0.3) is 5.91 Å². The third-order valence-corrected chi connectivity index (χ3v) is 8.12. The summed E-state index contributed by atoms with van der Waals surface area (Å²) in [5, 5.41) is 9.99. The molecule has 0 bridgehead atoms. The standard InChI is InChI=1S/C35H33N7O3/c1-35(2,30-12-6-7-18-38-30)21-24(22-36)33(43)40-20-8-9-26(23-40)41-29-17-19-39-32(37)31(29)42(34(41)44)25-13-15-28(16-14-25)45-27-10-4-3-5-11-27/h3-7,10-19,21,26H,8-9,20,23H2,1-2H3,(H2,37,39)/t26-/m1/s1. The molecule has 1 amide bonds. The van der Waals surface area contributed by atoms with Crippen molar-refractivity contribution < 1.29 is 9.53 Å². The van der Waals surface area contributed by atoms with Gasteiger partial charge in [-0.2, -0.15) is 5.26 Å². The summed E-state index contributed by atoms with van der Waals surface area (Å²) in [7, 11) is 0. The number of rotatable bonds is 7. The number of nitrogens with two attached hydrogens (primary N) is 1. The first-order valence-corrected chi connectivity index (χ1v) is 14.8. The van der Waals surface area contributed by atoms with Crippen LogP contribution in [0.1, 0.15) is 38.4 Å². The molecule has 2 aromatic carbocycles. The number of hydrogen-bond acceptors (Lipinski definition) is 7. The number of nitriles is 1. The van der Waals surface area contributed by atoms with Crippen molar-refractivity contribution in [3.8, 4) is 23.3 Å². The number of para-hydroxylation sites is 1. The molecule has 0 unspecified atom stereocenters. The molecule has 5 aromatic rings. The van der Waals surface area contributed by atoms with Crippen LogP contribution in [0.2, 0.25) is 0 Å². The Labute approximate surface area is 260 Å². The Morgan fingerprint density at radius 1 is 1.00 bits per heavy atom. The van der Waals surface area contributed by atoms with E-state index >= 15 is 0 Å². The highest BCUT2D eigenvalue weighted by Gasteiger charge is 2.32. The van der Waals surface area contributed by atoms with Crippen LogP contribution >= 0.6 is 0 Å². The molecule has 6 rings (SSSR count). The van der Waals surface area contributed by atoms with Crippen LogP contribution in [-0.2, 0) is 10.2 Å². The summed E-state index contributed by atoms with van der Waals surface area (Å²) in [4.78, 5) is 38.2. The van der Waals surface area contributed by atoms with E-state index in [0.717, 1.165) is 5.69 Å². The summed E-state index contributed by atoms with van der Waals surface area (Å²) >= 11 is 0. The van der Waals surface area contributed by atoms with E-state index in [4.69, 9.17) is 10.5 Å². The van der Waals surface area contributed by atoms with E-state index in [2.05, 4.69) is 16.0 Å². The van der Waals surface area contributed by atoms with Crippen LogP contribution in [-0.4, -0.2) is 43.0 Å². The van der Waals surface area contributed by atoms with Gasteiger partial charge in [0.1, 0.15) is 34.5 Å². The minimum absolute atomic E-state index is 0.0485. The lowest BCUT2D eigenvalue weighted by Crippen LogP contribution is -2.43. The van der Waals surface area contributed by atoms with E-state index in [1.165, 1.54) is 0 Å². The zero-order valence-corrected chi connectivity index (χ0v) is 25.1. The van der Waals surface area contributed by atoms with Gasteiger partial charge in [-0.05, 0) is 73.5 Å². The van der Waals surface area contributed by atoms with Crippen molar-refractivity contribution in [2.45, 2.75) is 38.1 Å². The van der Waals surface area contributed by atoms with Gasteiger partial charge in [0.05, 0.1) is 17.2 Å². The number of imidazole rings is 1. The number of carbonyl (C=O) groups is 1. The molecule has 0 radical (unpaired) electrons. The number of piperidine rings is 1. The summed E-state index contributed by atoms with van der Waals surface area (Å²) < 4.78 is 9.19. The van der Waals surface area contributed by atoms with Crippen molar-refractivity contribution in [3.63, 3.8) is 0 Å². The molecule has 10 heteroatoms. The van der Waals surface area contributed by atoms with Crippen molar-refractivity contribution in [3.05, 3.63) is 119 Å². The van der Waals surface area contributed by atoms with Crippen molar-refractivity contribution in [2.24, 2.45) is 0 Å². The lowest BCUT2D eigenvalue weighted by Gasteiger charge is -2.33. The van der Waals surface area contributed by atoms with Crippen molar-refractivity contribution in [1.82, 2.24) is 24.0 Å². The van der Waals surface area contributed by atoms with Gasteiger partial charge in [0.2, 0.25) is 0 Å². The number of hydrogen-bond donors (Lipinski definition) is 1. The van der Waals surface area contributed by atoms with Crippen LogP contribution in [0, 0.1) is 11.3 Å². The molecule has 1 atom stereocenters. The van der Waals surface area contributed by atoms with Gasteiger partial charge < -0.3 is 15.4 Å². The smallest absolute Gasteiger partial charge is 0.334 e. The van der Waals surface area contributed by atoms with Gasteiger partial charge >= 0.3 is 5.69 Å². The molecule has 226 valence electrons. The minimum Gasteiger partial charge on any atom is -0.457 e. The molecule has 45 heavy (non-hydrogen) atoms. The Hall–Kier alpha value is -5.69. The van der Waals surface area contributed by atoms with E-state index in [9.17, 15) is 14.9 Å². The van der Waals surface area contributed by atoms with Gasteiger partial charge in [0, 0.05) is 36.6 Å². The van der Waals surface area contributed by atoms with Crippen LogP contribution in [0.15, 0.2) is 108 Å². The summed E-state index contributed by atoms with van der Waals surface area (Å²) in [5.74, 6) is 1.20. The number of anilines is 1. The number of nitrogen functional groups attached to an aromatic ring is 1. The largest absolute Gasteiger partial charge is 0.457 e. The molecule has 0 aliphatic carbocycles. The molecule has 0 spiro atoms. The number of carbonyl (C=O) groups excluding carboxylic acids is 1. The van der Waals surface area contributed by atoms with E-state index < -0.39 is 5.41 Å². The molecule has 4 heterocycles. The van der Waals surface area contributed by atoms with Gasteiger partial charge in [0.15, 0.2) is 0 Å². The number of aromatic nitrogens is 4. The van der Waals surface area contributed by atoms with Crippen LogP contribution in [0.25, 0.3) is 16.7 Å². The highest BCUT2D eigenvalue weighted by atomic mass is 16.5. The fraction of sp³-hybridized carbons (Fsp3) is 0.229. The van der Waals surface area contributed by atoms with Crippen LogP contribution in [0.5, 0.6) is 11.5 Å². The number of nitrogens with zero attached hydrogens (tertiary/aromatic N) is 6. The number of ether oxygens (including phenoxy) is 1. The Bertz CT molecular complexity index is 1970. The van der Waals surface area contributed by atoms with Crippen LogP contribution < -0.4 is 16.2 Å². The highest BCUT2D eigenvalue weighted by Crippen LogP contribution is 2.31. The number of amides is 1. The van der Waals surface area contributed by atoms with E-state index in [0.29, 0.717) is 47.6 Å². The summed E-state index contributed by atoms with van der Waals surface area (Å²) in [5.41, 5.74) is 7.98. The Morgan fingerprint density at radius 2 is 1.73 bits per heavy atom. The minimum atomic E-state index is -0.631. The SMILES string of the molecule is CC(C)(C=C(C#N)C(=O)N1CCC[C@@H](n2c(=O)n(-c3ccc(Oc4ccccc4)cc3)c3c(N)nccc32)C1)c1ccccn1. The average molecular weight is 600 g/mol. The Kier molecular flexibility index (Phi) is 7.92. The first-order chi connectivity index (χ1) is 21.8. The van der Waals surface area contributed by atoms with E-state index in [1.54, 1.807) is 62.8 Å². The molecular formula is C35H33N7O3. The number of pyridine rings is 2. The molecule has 3 aromatic heterocycles. The topological polar surface area (TPSA) is 132 Å². The molecule has 1 saturated heterocycles. The zero-order valence-electron chi connectivity index (χ0n) is 25.1. The maximum absolute atomic E-state index is 14.2. The second kappa shape index (κ2) is 12.1. The van der Waals surface area contributed by atoms with Gasteiger partial charge in [-0.15, -0.1) is 0 Å². The second-order valence-electron chi connectivity index (χ2n) is 11.6. The molecule has 2 N–H and O–H groups in total. The first-order valence-electron chi connectivity index (χ1n) is 14.8. The second-order valence-corrected chi connectivity index (χ2v) is 11.6. The molecular weight excluding hydrogens is 566 g/mol. The molecule has 1 aliphatic heterocycles. The Morgan fingerprint density at radius 3 is 2.44 bits per heavy atom. The third-order valence-electron chi connectivity index (χ3n) is 8.12. The van der Waals surface area contributed by atoms with Crippen molar-refractivity contribution in [1.29, 1.82) is 5.26 Å². The monoisotopic (exact) mass is 599 g/mol. The molecule has 10 nitrogen and oxygen atoms in total. The molecule has 1 fully saturated rings. The first kappa shape index (κ1) is 29.4. The lowest BCUT2D eigenvalue weighted by molar-refractivity contribution is -0.128. The summed E-state index contributed by atoms with van der Waals surface area (Å²) in [6.45, 7) is 4.60. The predicted octanol–water partition coefficient (Wildman–Crippen LogP) is 5.55. The van der Waals surface area contributed by atoms with E-state index in [1.807, 2.05) is 62.4 Å². The number of allylic oxidation sites excluding steroid dienone is 1. The van der Waals surface area contributed by atoms with Gasteiger partial charge in [-0.1, -0.05) is 38.1 Å². The molecule has 1 aliphatic rings. The van der Waals surface area contributed by atoms with Crippen LogP contribution in [0.4, 0.5) is 5.82 Å². The van der Waals surface area contributed by atoms with Gasteiger partial charge in [-0.25, -0.2) is 9.78 Å². The van der Waals surface area contributed by atoms with E-state index in [-0.39, 0.29) is 35.6 Å². The highest BCUT2D eigenvalue weighted by molar-refractivity contribution is 5.97. The normalized spacial score (nSPS) is 15.5. The third kappa shape index (κ3) is 5.80. The van der Waals surface area contributed by atoms with Crippen LogP contribution in [0.3, 0.4) is 0 Å². The molecule has 0 saturated carbocycles. The van der Waals surface area contributed by atoms with Gasteiger partial charge in [-0.3, -0.25) is 18.9 Å². The van der Waals surface area contributed by atoms with Crippen molar-refractivity contribution >= 4 is 22.8 Å². The summed E-state index contributed by atoms with van der Waals surface area (Å²) in [6.07, 6.45) is 6.30. The van der Waals surface area contributed by atoms with Crippen molar-refractivity contribution in [2.75, 3.05) is 18.8 Å². The maximum Gasteiger partial charge on any atom is 0.334 e. The lowest BCUT2D eigenvalue weighted by atomic mass is 9.86. The zero-order chi connectivity index (χ0) is 31.6.